The van der Waals surface area contributed by atoms with E-state index in [9.17, 15) is 9.18 Å². The van der Waals surface area contributed by atoms with Gasteiger partial charge in [0.15, 0.2) is 12.1 Å². The number of carbonyl (C=O) groups excluding carboxylic acids is 1. The number of aromatic nitrogens is 1. The smallest absolute Gasteiger partial charge is 0.153 e. The predicted octanol–water partition coefficient (Wildman–Crippen LogP) is 2.37. The fourth-order valence-corrected chi connectivity index (χ4v) is 2.19. The van der Waals surface area contributed by atoms with Gasteiger partial charge in [0.05, 0.1) is 17.5 Å². The Bertz CT molecular complexity index is 414. The topological polar surface area (TPSA) is 30.0 Å². The maximum atomic E-state index is 13.1. The van der Waals surface area contributed by atoms with E-state index in [4.69, 9.17) is 0 Å². The van der Waals surface area contributed by atoms with E-state index in [1.165, 1.54) is 0 Å². The van der Waals surface area contributed by atoms with Gasteiger partial charge >= 0.3 is 0 Å². The minimum absolute atomic E-state index is 0.128. The van der Waals surface area contributed by atoms with Gasteiger partial charge in [0.1, 0.15) is 0 Å². The molecule has 4 heteroatoms. The Labute approximate surface area is 88.0 Å². The number of carbonyl (C=O) groups is 1. The molecule has 0 radical (unpaired) electrons. The minimum atomic E-state index is -0.543. The molecule has 1 aromatic rings. The van der Waals surface area contributed by atoms with Gasteiger partial charge in [-0.25, -0.2) is 4.39 Å². The number of halogens is 2. The molecule has 0 saturated heterocycles. The summed E-state index contributed by atoms with van der Waals surface area (Å²) in [7, 11) is 0. The van der Waals surface area contributed by atoms with E-state index < -0.39 is 5.82 Å². The molecule has 1 aliphatic rings. The van der Waals surface area contributed by atoms with Crippen LogP contribution in [-0.4, -0.2) is 11.3 Å². The quantitative estimate of drug-likeness (QED) is 0.587. The van der Waals surface area contributed by atoms with Gasteiger partial charge in [0, 0.05) is 15.6 Å². The zero-order valence-electron chi connectivity index (χ0n) is 6.55. The number of nitrogens with zero attached hydrogens (tertiary/aromatic N) is 1. The number of hydrogen-bond donors (Lipinski definition) is 0. The van der Waals surface area contributed by atoms with Crippen LogP contribution in [0.3, 0.4) is 0 Å². The van der Waals surface area contributed by atoms with Gasteiger partial charge in [-0.2, -0.15) is 0 Å². The van der Waals surface area contributed by atoms with Crippen molar-refractivity contribution in [2.75, 3.05) is 0 Å². The van der Waals surface area contributed by atoms with Gasteiger partial charge in [-0.05, 0) is 22.6 Å². The molecule has 0 atom stereocenters. The van der Waals surface area contributed by atoms with Gasteiger partial charge in [-0.15, -0.1) is 0 Å². The second-order valence-corrected chi connectivity index (χ2v) is 3.88. The summed E-state index contributed by atoms with van der Waals surface area (Å²) in [5.74, 6) is -0.543. The summed E-state index contributed by atoms with van der Waals surface area (Å²) in [5, 5.41) is 0. The highest BCUT2D eigenvalue weighted by Gasteiger charge is 2.19. The van der Waals surface area contributed by atoms with Crippen molar-refractivity contribution in [3.05, 3.63) is 34.9 Å². The fourth-order valence-electron chi connectivity index (χ4n) is 1.37. The molecule has 2 rings (SSSR count). The van der Waals surface area contributed by atoms with Gasteiger partial charge in [-0.1, -0.05) is 6.08 Å². The summed E-state index contributed by atoms with van der Waals surface area (Å²) in [4.78, 5) is 14.6. The molecule has 1 aliphatic carbocycles. The monoisotopic (exact) mass is 289 g/mol. The summed E-state index contributed by atoms with van der Waals surface area (Å²) in [6, 6.07) is 0. The first-order valence-electron chi connectivity index (χ1n) is 3.72. The first-order chi connectivity index (χ1) is 6.24. The first-order valence-corrected chi connectivity index (χ1v) is 4.80. The zero-order chi connectivity index (χ0) is 9.42. The summed E-state index contributed by atoms with van der Waals surface area (Å²) >= 11 is 2.08. The third-order valence-electron chi connectivity index (χ3n) is 1.98. The van der Waals surface area contributed by atoms with Crippen LogP contribution in [0.15, 0.2) is 12.3 Å². The number of allylic oxidation sites excluding steroid dienone is 1. The first kappa shape index (κ1) is 8.80. The lowest BCUT2D eigenvalue weighted by Gasteiger charge is -2.03. The third kappa shape index (κ3) is 1.29. The second kappa shape index (κ2) is 3.17. The van der Waals surface area contributed by atoms with Gasteiger partial charge in [0.25, 0.3) is 0 Å². The Morgan fingerprint density at radius 2 is 2.38 bits per heavy atom. The molecule has 0 aromatic carbocycles. The molecule has 0 aliphatic heterocycles. The Morgan fingerprint density at radius 3 is 3.08 bits per heavy atom. The number of hydrogen-bond acceptors (Lipinski definition) is 2. The van der Waals surface area contributed by atoms with Gasteiger partial charge in [-0.3, -0.25) is 9.78 Å². The molecule has 1 heterocycles. The molecule has 0 saturated carbocycles. The molecule has 0 spiro atoms. The molecule has 13 heavy (non-hydrogen) atoms. The molecular weight excluding hydrogens is 284 g/mol. The highest BCUT2D eigenvalue weighted by molar-refractivity contribution is 14.1. The summed E-state index contributed by atoms with van der Waals surface area (Å²) < 4.78 is 14.0. The normalized spacial score (nSPS) is 13.8. The molecule has 0 N–H and O–H groups in total. The van der Waals surface area contributed by atoms with Crippen molar-refractivity contribution in [2.45, 2.75) is 6.42 Å². The molecule has 0 amide bonds. The summed E-state index contributed by atoms with van der Waals surface area (Å²) in [6.45, 7) is 0. The van der Waals surface area contributed by atoms with E-state index in [1.54, 1.807) is 0 Å². The average molecular weight is 289 g/mol. The maximum absolute atomic E-state index is 13.1. The SMILES string of the molecule is O=Cc1c(F)cnc2c1C(I)=CC2. The van der Waals surface area contributed by atoms with E-state index in [-0.39, 0.29) is 5.56 Å². The lowest BCUT2D eigenvalue weighted by molar-refractivity contribution is 0.111. The Kier molecular flexibility index (Phi) is 2.15. The lowest BCUT2D eigenvalue weighted by Crippen LogP contribution is -1.98. The van der Waals surface area contributed by atoms with Crippen LogP contribution in [0.2, 0.25) is 0 Å². The third-order valence-corrected chi connectivity index (χ3v) is 2.96. The van der Waals surface area contributed by atoms with Crippen LogP contribution in [0.4, 0.5) is 4.39 Å². The molecule has 66 valence electrons. The Hall–Kier alpha value is -0.780. The van der Waals surface area contributed by atoms with Crippen molar-refractivity contribution in [3.8, 4) is 0 Å². The average Bonchev–Trinajstić information content (AvgIpc) is 2.49. The Morgan fingerprint density at radius 1 is 1.62 bits per heavy atom. The van der Waals surface area contributed by atoms with Crippen LogP contribution in [0, 0.1) is 5.82 Å². The standard InChI is InChI=1S/C9H5FINO/c10-6-3-12-8-2-1-7(11)9(8)5(6)4-13/h1,3-4H,2H2. The van der Waals surface area contributed by atoms with Crippen LogP contribution in [0.5, 0.6) is 0 Å². The molecule has 0 bridgehead atoms. The highest BCUT2D eigenvalue weighted by atomic mass is 127. The van der Waals surface area contributed by atoms with E-state index in [0.717, 1.165) is 15.5 Å². The number of aldehydes is 1. The van der Waals surface area contributed by atoms with Crippen molar-refractivity contribution < 1.29 is 9.18 Å². The van der Waals surface area contributed by atoms with E-state index >= 15 is 0 Å². The van der Waals surface area contributed by atoms with Crippen molar-refractivity contribution >= 4 is 32.5 Å². The summed E-state index contributed by atoms with van der Waals surface area (Å²) in [5.41, 5.74) is 1.58. The highest BCUT2D eigenvalue weighted by Crippen LogP contribution is 2.33. The molecule has 2 nitrogen and oxygen atoms in total. The largest absolute Gasteiger partial charge is 0.298 e. The summed E-state index contributed by atoms with van der Waals surface area (Å²) in [6.07, 6.45) is 4.28. The van der Waals surface area contributed by atoms with Crippen molar-refractivity contribution in [3.63, 3.8) is 0 Å². The van der Waals surface area contributed by atoms with E-state index in [2.05, 4.69) is 27.6 Å². The molecule has 1 aromatic heterocycles. The number of rotatable bonds is 1. The Balaban J connectivity index is 2.74. The van der Waals surface area contributed by atoms with Crippen molar-refractivity contribution in [1.29, 1.82) is 0 Å². The molecule has 0 fully saturated rings. The lowest BCUT2D eigenvalue weighted by atomic mass is 10.1. The molecular formula is C9H5FINO. The van der Waals surface area contributed by atoms with Crippen LogP contribution >= 0.6 is 22.6 Å². The van der Waals surface area contributed by atoms with Crippen LogP contribution in [0.25, 0.3) is 3.58 Å². The van der Waals surface area contributed by atoms with Crippen LogP contribution in [-0.2, 0) is 6.42 Å². The number of fused-ring (bicyclic) bond motifs is 1. The zero-order valence-corrected chi connectivity index (χ0v) is 8.71. The van der Waals surface area contributed by atoms with Crippen LogP contribution < -0.4 is 0 Å². The van der Waals surface area contributed by atoms with Crippen LogP contribution in [0.1, 0.15) is 21.6 Å². The van der Waals surface area contributed by atoms with Crippen molar-refractivity contribution in [2.24, 2.45) is 0 Å². The predicted molar refractivity (Wildman–Crippen MR) is 55.3 cm³/mol. The van der Waals surface area contributed by atoms with Gasteiger partial charge < -0.3 is 0 Å². The second-order valence-electron chi connectivity index (χ2n) is 2.72. The maximum Gasteiger partial charge on any atom is 0.153 e. The van der Waals surface area contributed by atoms with E-state index in [1.807, 2.05) is 6.08 Å². The minimum Gasteiger partial charge on any atom is -0.298 e. The van der Waals surface area contributed by atoms with E-state index in [0.29, 0.717) is 18.3 Å². The molecule has 0 unspecified atom stereocenters. The fraction of sp³-hybridized carbons (Fsp3) is 0.111. The van der Waals surface area contributed by atoms with Crippen molar-refractivity contribution in [1.82, 2.24) is 4.98 Å². The van der Waals surface area contributed by atoms with Gasteiger partial charge in [0.2, 0.25) is 0 Å². The number of pyridine rings is 1.